The Balaban J connectivity index is 1.44. The number of rotatable bonds is 5. The maximum atomic E-state index is 12.5. The number of alkyl halides is 3. The molecule has 0 bridgehead atoms. The van der Waals surface area contributed by atoms with Gasteiger partial charge in [0.15, 0.2) is 11.7 Å². The molecule has 2 heterocycles. The summed E-state index contributed by atoms with van der Waals surface area (Å²) in [5, 5.41) is 5.69. The monoisotopic (exact) mass is 436 g/mol. The summed E-state index contributed by atoms with van der Waals surface area (Å²) >= 11 is 1.13. The molecule has 7 nitrogen and oxygen atoms in total. The van der Waals surface area contributed by atoms with Crippen molar-refractivity contribution in [2.24, 2.45) is 0 Å². The van der Waals surface area contributed by atoms with Crippen molar-refractivity contribution in [3.63, 3.8) is 0 Å². The predicted octanol–water partition coefficient (Wildman–Crippen LogP) is 4.02. The second-order valence-electron chi connectivity index (χ2n) is 6.44. The molecule has 0 atom stereocenters. The van der Waals surface area contributed by atoms with Crippen molar-refractivity contribution >= 4 is 44.3 Å². The van der Waals surface area contributed by atoms with Crippen LogP contribution in [-0.2, 0) is 0 Å². The molecule has 2 aromatic carbocycles. The van der Waals surface area contributed by atoms with Gasteiger partial charge in [-0.3, -0.25) is 15.0 Å². The molecule has 0 radical (unpaired) electrons. The zero-order chi connectivity index (χ0) is 21.3. The summed E-state index contributed by atoms with van der Waals surface area (Å²) in [6.07, 6.45) is -4.42. The minimum atomic E-state index is -4.42. The molecular formula is C19H15F3N4O3S. The van der Waals surface area contributed by atoms with Gasteiger partial charge in [-0.15, -0.1) is 0 Å². The van der Waals surface area contributed by atoms with Crippen LogP contribution in [0.3, 0.4) is 0 Å². The fourth-order valence-corrected chi connectivity index (χ4v) is 3.78. The molecule has 2 N–H and O–H groups in total. The van der Waals surface area contributed by atoms with Crippen molar-refractivity contribution in [3.05, 3.63) is 48.0 Å². The van der Waals surface area contributed by atoms with Gasteiger partial charge in [-0.1, -0.05) is 11.3 Å². The Kier molecular flexibility index (Phi) is 5.20. The number of carbonyl (C=O) groups is 2. The Bertz CT molecular complexity index is 1100. The molecule has 156 valence electrons. The van der Waals surface area contributed by atoms with Gasteiger partial charge < -0.3 is 10.1 Å². The van der Waals surface area contributed by atoms with Gasteiger partial charge in [-0.05, 0) is 42.5 Å². The number of aromatic nitrogens is 1. The molecule has 3 aromatic rings. The Labute approximate surface area is 172 Å². The molecule has 3 amide bonds. The number of amides is 3. The number of thiazole rings is 1. The third kappa shape index (κ3) is 4.46. The molecule has 0 saturated carbocycles. The van der Waals surface area contributed by atoms with E-state index in [1.54, 1.807) is 29.2 Å². The molecule has 0 spiro atoms. The maximum absolute atomic E-state index is 12.5. The lowest BCUT2D eigenvalue weighted by Gasteiger charge is -2.14. The second-order valence-corrected chi connectivity index (χ2v) is 7.47. The number of hydrogen-bond donors (Lipinski definition) is 2. The topological polar surface area (TPSA) is 83.6 Å². The summed E-state index contributed by atoms with van der Waals surface area (Å²) in [7, 11) is 0. The third-order valence-electron chi connectivity index (χ3n) is 4.28. The average molecular weight is 436 g/mol. The molecule has 4 rings (SSSR count). The van der Waals surface area contributed by atoms with E-state index in [0.29, 0.717) is 39.7 Å². The predicted molar refractivity (Wildman–Crippen MR) is 106 cm³/mol. The zero-order valence-corrected chi connectivity index (χ0v) is 16.1. The fraction of sp³-hybridized carbons (Fsp3) is 0.211. The van der Waals surface area contributed by atoms with Crippen molar-refractivity contribution in [1.29, 1.82) is 0 Å². The smallest absolute Gasteiger partial charge is 0.422 e. The second kappa shape index (κ2) is 7.82. The van der Waals surface area contributed by atoms with Gasteiger partial charge in [-0.2, -0.15) is 13.2 Å². The number of halogens is 3. The molecular weight excluding hydrogens is 421 g/mol. The van der Waals surface area contributed by atoms with Gasteiger partial charge in [0.05, 0.1) is 10.2 Å². The van der Waals surface area contributed by atoms with Gasteiger partial charge in [0.1, 0.15) is 5.75 Å². The average Bonchev–Trinajstić information content (AvgIpc) is 3.30. The lowest BCUT2D eigenvalue weighted by Crippen LogP contribution is -2.27. The molecule has 1 aliphatic heterocycles. The first kappa shape index (κ1) is 20.0. The molecule has 11 heteroatoms. The Morgan fingerprint density at radius 2 is 2.00 bits per heavy atom. The summed E-state index contributed by atoms with van der Waals surface area (Å²) in [6.45, 7) is -0.248. The van der Waals surface area contributed by atoms with Crippen LogP contribution in [0, 0.1) is 0 Å². The van der Waals surface area contributed by atoms with E-state index in [1.165, 1.54) is 18.2 Å². The highest BCUT2D eigenvalue weighted by molar-refractivity contribution is 7.22. The molecule has 1 fully saturated rings. The minimum absolute atomic E-state index is 0.0721. The van der Waals surface area contributed by atoms with E-state index < -0.39 is 12.8 Å². The molecule has 1 aromatic heterocycles. The van der Waals surface area contributed by atoms with Gasteiger partial charge in [0, 0.05) is 24.3 Å². The van der Waals surface area contributed by atoms with Crippen LogP contribution in [0.4, 0.5) is 28.8 Å². The number of hydrogen-bond acceptors (Lipinski definition) is 5. The Morgan fingerprint density at radius 1 is 1.23 bits per heavy atom. The summed E-state index contributed by atoms with van der Waals surface area (Å²) in [5.74, 6) is -0.317. The quantitative estimate of drug-likeness (QED) is 0.633. The van der Waals surface area contributed by atoms with E-state index in [9.17, 15) is 22.8 Å². The lowest BCUT2D eigenvalue weighted by atomic mass is 10.2. The number of anilines is 2. The van der Waals surface area contributed by atoms with Crippen LogP contribution in [0.2, 0.25) is 0 Å². The first-order chi connectivity index (χ1) is 14.3. The van der Waals surface area contributed by atoms with Crippen molar-refractivity contribution in [2.45, 2.75) is 6.18 Å². The van der Waals surface area contributed by atoms with Crippen molar-refractivity contribution in [2.75, 3.05) is 29.9 Å². The Hall–Kier alpha value is -3.34. The summed E-state index contributed by atoms with van der Waals surface area (Å²) in [5.41, 5.74) is 1.60. The SMILES string of the molecule is O=C(Nc1nc2ccc(OCC(F)(F)F)cc2s1)c1ccc(N2CCNC2=O)cc1. The highest BCUT2D eigenvalue weighted by atomic mass is 32.1. The summed E-state index contributed by atoms with van der Waals surface area (Å²) in [4.78, 5) is 30.0. The van der Waals surface area contributed by atoms with Crippen molar-refractivity contribution in [1.82, 2.24) is 10.3 Å². The first-order valence-electron chi connectivity index (χ1n) is 8.85. The zero-order valence-electron chi connectivity index (χ0n) is 15.3. The number of fused-ring (bicyclic) bond motifs is 1. The van der Waals surface area contributed by atoms with Crippen molar-refractivity contribution < 1.29 is 27.5 Å². The minimum Gasteiger partial charge on any atom is -0.484 e. The van der Waals surface area contributed by atoms with Crippen LogP contribution < -0.4 is 20.3 Å². The molecule has 0 aliphatic carbocycles. The largest absolute Gasteiger partial charge is 0.484 e. The van der Waals surface area contributed by atoms with Gasteiger partial charge >= 0.3 is 12.2 Å². The lowest BCUT2D eigenvalue weighted by molar-refractivity contribution is -0.153. The van der Waals surface area contributed by atoms with Crippen LogP contribution >= 0.6 is 11.3 Å². The van der Waals surface area contributed by atoms with Crippen LogP contribution in [0.5, 0.6) is 5.75 Å². The van der Waals surface area contributed by atoms with E-state index in [0.717, 1.165) is 11.3 Å². The third-order valence-corrected chi connectivity index (χ3v) is 5.21. The maximum Gasteiger partial charge on any atom is 0.422 e. The summed E-state index contributed by atoms with van der Waals surface area (Å²) < 4.78 is 42.2. The van der Waals surface area contributed by atoms with Crippen LogP contribution in [-0.4, -0.2) is 42.8 Å². The molecule has 0 unspecified atom stereocenters. The highest BCUT2D eigenvalue weighted by Gasteiger charge is 2.28. The van der Waals surface area contributed by atoms with E-state index in [2.05, 4.69) is 15.6 Å². The van der Waals surface area contributed by atoms with E-state index >= 15 is 0 Å². The van der Waals surface area contributed by atoms with Gasteiger partial charge in [-0.25, -0.2) is 9.78 Å². The van der Waals surface area contributed by atoms with E-state index in [-0.39, 0.29) is 17.7 Å². The van der Waals surface area contributed by atoms with Gasteiger partial charge in [0.2, 0.25) is 0 Å². The molecule has 30 heavy (non-hydrogen) atoms. The Morgan fingerprint density at radius 3 is 2.67 bits per heavy atom. The number of carbonyl (C=O) groups excluding carboxylic acids is 2. The fourth-order valence-electron chi connectivity index (χ4n) is 2.89. The number of ether oxygens (including phenoxy) is 1. The van der Waals surface area contributed by atoms with Gasteiger partial charge in [0.25, 0.3) is 5.91 Å². The molecule has 1 aliphatic rings. The highest BCUT2D eigenvalue weighted by Crippen LogP contribution is 2.30. The van der Waals surface area contributed by atoms with E-state index in [1.807, 2.05) is 0 Å². The number of nitrogens with zero attached hydrogens (tertiary/aromatic N) is 2. The van der Waals surface area contributed by atoms with E-state index in [4.69, 9.17) is 4.74 Å². The number of benzene rings is 2. The van der Waals surface area contributed by atoms with Crippen molar-refractivity contribution in [3.8, 4) is 5.75 Å². The standard InChI is InChI=1S/C19H15F3N4O3S/c20-19(21,22)10-29-13-5-6-14-15(9-13)30-17(24-14)25-16(27)11-1-3-12(4-2-11)26-8-7-23-18(26)28/h1-6,9H,7-8,10H2,(H,23,28)(H,24,25,27). The number of nitrogens with one attached hydrogen (secondary N) is 2. The van der Waals surface area contributed by atoms with Crippen LogP contribution in [0.25, 0.3) is 10.2 Å². The number of urea groups is 1. The van der Waals surface area contributed by atoms with Crippen LogP contribution in [0.1, 0.15) is 10.4 Å². The first-order valence-corrected chi connectivity index (χ1v) is 9.67. The van der Waals surface area contributed by atoms with Crippen LogP contribution in [0.15, 0.2) is 42.5 Å². The molecule has 1 saturated heterocycles. The summed E-state index contributed by atoms with van der Waals surface area (Å²) in [6, 6.07) is 10.8. The normalized spacial score (nSPS) is 14.1.